The lowest BCUT2D eigenvalue weighted by molar-refractivity contribution is 0.449. The first-order valence-electron chi connectivity index (χ1n) is 6.48. The monoisotopic (exact) mass is 228 g/mol. The summed E-state index contributed by atoms with van der Waals surface area (Å²) in [5.41, 5.74) is 4.24. The summed E-state index contributed by atoms with van der Waals surface area (Å²) in [6.07, 6.45) is 4.58. The third kappa shape index (κ3) is 2.35. The summed E-state index contributed by atoms with van der Waals surface area (Å²) in [5.74, 6) is 0.0550. The number of nitrogens with zero attached hydrogens (tertiary/aromatic N) is 1. The zero-order valence-electron chi connectivity index (χ0n) is 10.7. The Balaban J connectivity index is 2.29. The van der Waals surface area contributed by atoms with E-state index in [0.717, 1.165) is 6.42 Å². The van der Waals surface area contributed by atoms with Crippen LogP contribution >= 0.6 is 0 Å². The van der Waals surface area contributed by atoms with E-state index in [1.165, 1.54) is 36.0 Å². The van der Waals surface area contributed by atoms with Crippen LogP contribution in [-0.2, 0) is 12.8 Å². The van der Waals surface area contributed by atoms with Gasteiger partial charge in [0.15, 0.2) is 0 Å². The van der Waals surface area contributed by atoms with Crippen molar-refractivity contribution in [1.29, 1.82) is 5.26 Å². The van der Waals surface area contributed by atoms with Gasteiger partial charge in [0.1, 0.15) is 0 Å². The van der Waals surface area contributed by atoms with E-state index in [-0.39, 0.29) is 12.0 Å². The molecule has 0 aromatic heterocycles. The minimum absolute atomic E-state index is 0.0550. The summed E-state index contributed by atoms with van der Waals surface area (Å²) in [7, 11) is 1.94. The fourth-order valence-electron chi connectivity index (χ4n) is 2.79. The highest BCUT2D eigenvalue weighted by Gasteiger charge is 2.21. The number of aryl methyl sites for hydroxylation is 2. The highest BCUT2D eigenvalue weighted by molar-refractivity contribution is 5.37. The van der Waals surface area contributed by atoms with Gasteiger partial charge in [-0.15, -0.1) is 0 Å². The molecule has 0 spiro atoms. The van der Waals surface area contributed by atoms with Crippen LogP contribution in [-0.4, -0.2) is 7.05 Å². The first kappa shape index (κ1) is 12.1. The number of nitriles is 1. The van der Waals surface area contributed by atoms with Crippen molar-refractivity contribution in [3.8, 4) is 6.07 Å². The molecular formula is C15H20N2. The third-order valence-corrected chi connectivity index (χ3v) is 3.80. The van der Waals surface area contributed by atoms with Crippen molar-refractivity contribution in [1.82, 2.24) is 5.32 Å². The van der Waals surface area contributed by atoms with Gasteiger partial charge in [-0.2, -0.15) is 5.26 Å². The molecule has 2 unspecified atom stereocenters. The van der Waals surface area contributed by atoms with Crippen molar-refractivity contribution in [2.24, 2.45) is 5.92 Å². The van der Waals surface area contributed by atoms with Crippen molar-refractivity contribution < 1.29 is 0 Å². The lowest BCUT2D eigenvalue weighted by atomic mass is 9.90. The van der Waals surface area contributed by atoms with Gasteiger partial charge in [0.25, 0.3) is 0 Å². The molecule has 2 atom stereocenters. The van der Waals surface area contributed by atoms with E-state index in [1.54, 1.807) is 0 Å². The summed E-state index contributed by atoms with van der Waals surface area (Å²) < 4.78 is 0. The highest BCUT2D eigenvalue weighted by atomic mass is 14.9. The van der Waals surface area contributed by atoms with E-state index in [9.17, 15) is 5.26 Å². The van der Waals surface area contributed by atoms with Crippen LogP contribution in [0, 0.1) is 17.2 Å². The molecule has 1 aromatic carbocycles. The lowest BCUT2D eigenvalue weighted by Crippen LogP contribution is -2.24. The number of hydrogen-bond acceptors (Lipinski definition) is 2. The molecule has 2 rings (SSSR count). The largest absolute Gasteiger partial charge is 0.312 e. The smallest absolute Gasteiger partial charge is 0.0675 e. The highest BCUT2D eigenvalue weighted by Crippen LogP contribution is 2.29. The van der Waals surface area contributed by atoms with Crippen LogP contribution in [0.4, 0.5) is 0 Å². The van der Waals surface area contributed by atoms with Crippen LogP contribution in [0.5, 0.6) is 0 Å². The first-order chi connectivity index (χ1) is 8.30. The average molecular weight is 228 g/mol. The SMILES string of the molecule is CCC(C#N)C(NC)c1ccc2c(c1)CCC2. The molecule has 0 bridgehead atoms. The lowest BCUT2D eigenvalue weighted by Gasteiger charge is -2.21. The molecule has 2 heteroatoms. The number of benzene rings is 1. The van der Waals surface area contributed by atoms with Crippen molar-refractivity contribution in [2.45, 2.75) is 38.6 Å². The van der Waals surface area contributed by atoms with Crippen LogP contribution in [0.25, 0.3) is 0 Å². The van der Waals surface area contributed by atoms with Gasteiger partial charge in [-0.05, 0) is 49.4 Å². The van der Waals surface area contributed by atoms with Crippen molar-refractivity contribution in [2.75, 3.05) is 7.05 Å². The van der Waals surface area contributed by atoms with Crippen LogP contribution in [0.2, 0.25) is 0 Å². The molecule has 2 nitrogen and oxygen atoms in total. The predicted octanol–water partition coefficient (Wildman–Crippen LogP) is 2.99. The quantitative estimate of drug-likeness (QED) is 0.860. The maximum atomic E-state index is 9.19. The molecule has 90 valence electrons. The first-order valence-corrected chi connectivity index (χ1v) is 6.48. The van der Waals surface area contributed by atoms with Crippen molar-refractivity contribution in [3.05, 3.63) is 34.9 Å². The van der Waals surface area contributed by atoms with Gasteiger partial charge < -0.3 is 5.32 Å². The predicted molar refractivity (Wildman–Crippen MR) is 69.7 cm³/mol. The third-order valence-electron chi connectivity index (χ3n) is 3.80. The minimum atomic E-state index is 0.0550. The molecule has 0 aliphatic heterocycles. The standard InChI is InChI=1S/C15H20N2/c1-3-11(10-16)15(17-2)14-8-7-12-5-4-6-13(12)9-14/h7-9,11,15,17H,3-6H2,1-2H3. The number of hydrogen-bond donors (Lipinski definition) is 1. The zero-order valence-corrected chi connectivity index (χ0v) is 10.7. The Kier molecular flexibility index (Phi) is 3.81. The summed E-state index contributed by atoms with van der Waals surface area (Å²) in [6.45, 7) is 2.07. The normalized spacial score (nSPS) is 17.2. The van der Waals surface area contributed by atoms with E-state index in [0.29, 0.717) is 0 Å². The summed E-state index contributed by atoms with van der Waals surface area (Å²) in [4.78, 5) is 0. The Morgan fingerprint density at radius 2 is 2.12 bits per heavy atom. The fraction of sp³-hybridized carbons (Fsp3) is 0.533. The Hall–Kier alpha value is -1.33. The van der Waals surface area contributed by atoms with Crippen molar-refractivity contribution in [3.63, 3.8) is 0 Å². The van der Waals surface area contributed by atoms with Crippen LogP contribution in [0.1, 0.15) is 42.5 Å². The van der Waals surface area contributed by atoms with E-state index in [2.05, 4.69) is 36.5 Å². The molecule has 0 amide bonds. The Bertz CT molecular complexity index is 431. The molecule has 17 heavy (non-hydrogen) atoms. The number of fused-ring (bicyclic) bond motifs is 1. The second-order valence-electron chi connectivity index (χ2n) is 4.79. The minimum Gasteiger partial charge on any atom is -0.312 e. The van der Waals surface area contributed by atoms with Crippen LogP contribution in [0.3, 0.4) is 0 Å². The van der Waals surface area contributed by atoms with E-state index >= 15 is 0 Å². The fourth-order valence-corrected chi connectivity index (χ4v) is 2.79. The van der Waals surface area contributed by atoms with Gasteiger partial charge in [-0.25, -0.2) is 0 Å². The maximum Gasteiger partial charge on any atom is 0.0675 e. The van der Waals surface area contributed by atoms with Gasteiger partial charge in [0.2, 0.25) is 0 Å². The molecule has 0 radical (unpaired) electrons. The van der Waals surface area contributed by atoms with Gasteiger partial charge in [0, 0.05) is 6.04 Å². The Morgan fingerprint density at radius 3 is 2.76 bits per heavy atom. The van der Waals surface area contributed by atoms with Gasteiger partial charge in [0.05, 0.1) is 12.0 Å². The maximum absolute atomic E-state index is 9.19. The number of rotatable bonds is 4. The van der Waals surface area contributed by atoms with Crippen LogP contribution in [0.15, 0.2) is 18.2 Å². The van der Waals surface area contributed by atoms with E-state index < -0.39 is 0 Å². The molecule has 0 saturated heterocycles. The topological polar surface area (TPSA) is 35.8 Å². The van der Waals surface area contributed by atoms with E-state index in [4.69, 9.17) is 0 Å². The second-order valence-corrected chi connectivity index (χ2v) is 4.79. The zero-order chi connectivity index (χ0) is 12.3. The number of nitrogens with one attached hydrogen (secondary N) is 1. The molecule has 1 aliphatic rings. The van der Waals surface area contributed by atoms with Gasteiger partial charge in [-0.3, -0.25) is 0 Å². The van der Waals surface area contributed by atoms with Crippen LogP contribution < -0.4 is 5.32 Å². The second kappa shape index (κ2) is 5.33. The molecular weight excluding hydrogens is 208 g/mol. The summed E-state index contributed by atoms with van der Waals surface area (Å²) in [6, 6.07) is 9.29. The molecule has 0 fully saturated rings. The summed E-state index contributed by atoms with van der Waals surface area (Å²) in [5, 5.41) is 12.5. The van der Waals surface area contributed by atoms with Gasteiger partial charge >= 0.3 is 0 Å². The Morgan fingerprint density at radius 1 is 1.35 bits per heavy atom. The van der Waals surface area contributed by atoms with Crippen molar-refractivity contribution >= 4 is 0 Å². The average Bonchev–Trinajstić information content (AvgIpc) is 2.82. The molecule has 1 aromatic rings. The molecule has 0 heterocycles. The molecule has 1 N–H and O–H groups in total. The molecule has 0 saturated carbocycles. The summed E-state index contributed by atoms with van der Waals surface area (Å²) >= 11 is 0. The Labute approximate surface area is 104 Å². The molecule has 1 aliphatic carbocycles. The van der Waals surface area contributed by atoms with E-state index in [1.807, 2.05) is 7.05 Å². The van der Waals surface area contributed by atoms with Gasteiger partial charge in [-0.1, -0.05) is 25.1 Å².